The molecule has 1 unspecified atom stereocenters. The van der Waals surface area contributed by atoms with Gasteiger partial charge >= 0.3 is 6.01 Å². The first-order valence-corrected chi connectivity index (χ1v) is 7.47. The van der Waals surface area contributed by atoms with Crippen molar-refractivity contribution in [3.63, 3.8) is 0 Å². The zero-order chi connectivity index (χ0) is 13.7. The minimum absolute atomic E-state index is 0.100. The van der Waals surface area contributed by atoms with E-state index in [1.54, 1.807) is 0 Å². The van der Waals surface area contributed by atoms with Gasteiger partial charge in [0.2, 0.25) is 5.89 Å². The summed E-state index contributed by atoms with van der Waals surface area (Å²) in [5.41, 5.74) is 0. The fraction of sp³-hybridized carbons (Fsp3) is 0.857. The highest BCUT2D eigenvalue weighted by atomic mass is 16.4. The third-order valence-electron chi connectivity index (χ3n) is 4.33. The molecule has 0 bridgehead atoms. The highest BCUT2D eigenvalue weighted by Gasteiger charge is 2.20. The molecule has 1 atom stereocenters. The molecular weight excluding hydrogens is 240 g/mol. The average Bonchev–Trinajstić information content (AvgIpc) is 2.93. The van der Waals surface area contributed by atoms with E-state index in [-0.39, 0.29) is 6.04 Å². The van der Waals surface area contributed by atoms with Crippen molar-refractivity contribution < 1.29 is 4.42 Å². The standard InChI is InChI=1S/C14H26N4O/c1-4-11-5-7-12(8-6-11)9-16-14-18-17-13(19-14)10(2)15-3/h10-12,15H,4-9H2,1-3H3,(H,16,18). The molecule has 19 heavy (non-hydrogen) atoms. The van der Waals surface area contributed by atoms with E-state index in [9.17, 15) is 0 Å². The number of hydrogen-bond donors (Lipinski definition) is 2. The van der Waals surface area contributed by atoms with Gasteiger partial charge in [-0.15, -0.1) is 5.10 Å². The summed E-state index contributed by atoms with van der Waals surface area (Å²) in [6, 6.07) is 0.651. The van der Waals surface area contributed by atoms with Crippen LogP contribution in [0.25, 0.3) is 0 Å². The summed E-state index contributed by atoms with van der Waals surface area (Å²) in [5, 5.41) is 14.4. The minimum Gasteiger partial charge on any atom is -0.406 e. The summed E-state index contributed by atoms with van der Waals surface area (Å²) in [4.78, 5) is 0. The lowest BCUT2D eigenvalue weighted by Gasteiger charge is -2.27. The van der Waals surface area contributed by atoms with Crippen molar-refractivity contribution >= 4 is 6.01 Å². The lowest BCUT2D eigenvalue weighted by molar-refractivity contribution is 0.277. The van der Waals surface area contributed by atoms with Crippen LogP contribution in [-0.4, -0.2) is 23.8 Å². The zero-order valence-corrected chi connectivity index (χ0v) is 12.3. The normalized spacial score (nSPS) is 25.2. The summed E-state index contributed by atoms with van der Waals surface area (Å²) in [6.45, 7) is 5.25. The van der Waals surface area contributed by atoms with E-state index in [2.05, 4.69) is 27.8 Å². The molecule has 0 aromatic carbocycles. The van der Waals surface area contributed by atoms with Gasteiger partial charge in [0.15, 0.2) is 0 Å². The molecule has 5 nitrogen and oxygen atoms in total. The van der Waals surface area contributed by atoms with E-state index in [0.717, 1.165) is 18.4 Å². The Kier molecular flexibility index (Phi) is 5.19. The van der Waals surface area contributed by atoms with Crippen LogP contribution in [0.2, 0.25) is 0 Å². The molecule has 1 aliphatic carbocycles. The summed E-state index contributed by atoms with van der Waals surface area (Å²) >= 11 is 0. The van der Waals surface area contributed by atoms with E-state index < -0.39 is 0 Å². The van der Waals surface area contributed by atoms with Gasteiger partial charge in [0.1, 0.15) is 0 Å². The van der Waals surface area contributed by atoms with Crippen LogP contribution in [0.4, 0.5) is 6.01 Å². The van der Waals surface area contributed by atoms with Crippen LogP contribution in [-0.2, 0) is 0 Å². The summed E-state index contributed by atoms with van der Waals surface area (Å²) in [7, 11) is 1.88. The molecule has 1 aliphatic rings. The van der Waals surface area contributed by atoms with Crippen molar-refractivity contribution in [2.24, 2.45) is 11.8 Å². The van der Waals surface area contributed by atoms with Crippen LogP contribution in [0, 0.1) is 11.8 Å². The molecule has 0 spiro atoms. The second-order valence-electron chi connectivity index (χ2n) is 5.63. The van der Waals surface area contributed by atoms with Crippen LogP contribution < -0.4 is 10.6 Å². The highest BCUT2D eigenvalue weighted by Crippen LogP contribution is 2.30. The molecule has 0 aliphatic heterocycles. The summed E-state index contributed by atoms with van der Waals surface area (Å²) < 4.78 is 5.57. The van der Waals surface area contributed by atoms with Gasteiger partial charge in [-0.25, -0.2) is 0 Å². The van der Waals surface area contributed by atoms with Gasteiger partial charge in [0.25, 0.3) is 0 Å². The second-order valence-corrected chi connectivity index (χ2v) is 5.63. The van der Waals surface area contributed by atoms with Gasteiger partial charge < -0.3 is 15.1 Å². The minimum atomic E-state index is 0.100. The number of aromatic nitrogens is 2. The smallest absolute Gasteiger partial charge is 0.315 e. The predicted molar refractivity (Wildman–Crippen MR) is 76.0 cm³/mol. The van der Waals surface area contributed by atoms with Crippen LogP contribution in [0.1, 0.15) is 57.9 Å². The highest BCUT2D eigenvalue weighted by molar-refractivity contribution is 5.17. The van der Waals surface area contributed by atoms with Crippen molar-refractivity contribution in [1.82, 2.24) is 15.5 Å². The molecule has 0 amide bonds. The van der Waals surface area contributed by atoms with E-state index in [1.165, 1.54) is 32.1 Å². The third kappa shape index (κ3) is 3.93. The molecular formula is C14H26N4O. The largest absolute Gasteiger partial charge is 0.406 e. The van der Waals surface area contributed by atoms with E-state index in [4.69, 9.17) is 4.42 Å². The Morgan fingerprint density at radius 1 is 1.21 bits per heavy atom. The molecule has 1 aromatic heterocycles. The molecule has 0 saturated heterocycles. The average molecular weight is 266 g/mol. The maximum absolute atomic E-state index is 5.57. The fourth-order valence-electron chi connectivity index (χ4n) is 2.68. The number of nitrogens with zero attached hydrogens (tertiary/aromatic N) is 2. The SMILES string of the molecule is CCC1CCC(CNc2nnc(C(C)NC)o2)CC1. The molecule has 5 heteroatoms. The quantitative estimate of drug-likeness (QED) is 0.828. The molecule has 1 saturated carbocycles. The van der Waals surface area contributed by atoms with Crippen LogP contribution in [0.15, 0.2) is 4.42 Å². The molecule has 1 aromatic rings. The maximum Gasteiger partial charge on any atom is 0.315 e. The number of hydrogen-bond acceptors (Lipinski definition) is 5. The molecule has 2 rings (SSSR count). The lowest BCUT2D eigenvalue weighted by Crippen LogP contribution is -2.21. The lowest BCUT2D eigenvalue weighted by atomic mass is 9.81. The first-order valence-electron chi connectivity index (χ1n) is 7.47. The Labute approximate surface area is 115 Å². The first kappa shape index (κ1) is 14.3. The molecule has 2 N–H and O–H groups in total. The molecule has 1 fully saturated rings. The number of nitrogens with one attached hydrogen (secondary N) is 2. The van der Waals surface area contributed by atoms with Crippen LogP contribution in [0.5, 0.6) is 0 Å². The van der Waals surface area contributed by atoms with E-state index in [1.807, 2.05) is 14.0 Å². The number of rotatable bonds is 6. The fourth-order valence-corrected chi connectivity index (χ4v) is 2.68. The summed E-state index contributed by atoms with van der Waals surface area (Å²) in [6.07, 6.45) is 6.71. The van der Waals surface area contributed by atoms with Gasteiger partial charge in [-0.2, -0.15) is 0 Å². The van der Waals surface area contributed by atoms with Gasteiger partial charge in [0, 0.05) is 6.54 Å². The Balaban J connectivity index is 1.75. The van der Waals surface area contributed by atoms with Gasteiger partial charge in [0.05, 0.1) is 6.04 Å². The Morgan fingerprint density at radius 2 is 1.89 bits per heavy atom. The monoisotopic (exact) mass is 266 g/mol. The number of anilines is 1. The maximum atomic E-state index is 5.57. The Bertz CT molecular complexity index is 371. The Hall–Kier alpha value is -1.10. The van der Waals surface area contributed by atoms with E-state index in [0.29, 0.717) is 11.9 Å². The van der Waals surface area contributed by atoms with Crippen molar-refractivity contribution in [2.75, 3.05) is 18.9 Å². The summed E-state index contributed by atoms with van der Waals surface area (Å²) in [5.74, 6) is 2.34. The Morgan fingerprint density at radius 3 is 2.53 bits per heavy atom. The molecule has 0 radical (unpaired) electrons. The van der Waals surface area contributed by atoms with Crippen molar-refractivity contribution in [3.8, 4) is 0 Å². The first-order chi connectivity index (χ1) is 9.22. The second kappa shape index (κ2) is 6.89. The van der Waals surface area contributed by atoms with Crippen molar-refractivity contribution in [1.29, 1.82) is 0 Å². The molecule has 1 heterocycles. The third-order valence-corrected chi connectivity index (χ3v) is 4.33. The van der Waals surface area contributed by atoms with E-state index >= 15 is 0 Å². The zero-order valence-electron chi connectivity index (χ0n) is 12.3. The van der Waals surface area contributed by atoms with Gasteiger partial charge in [-0.05, 0) is 38.6 Å². The topological polar surface area (TPSA) is 63.0 Å². The van der Waals surface area contributed by atoms with Crippen LogP contribution in [0.3, 0.4) is 0 Å². The van der Waals surface area contributed by atoms with Gasteiger partial charge in [-0.3, -0.25) is 0 Å². The molecule has 108 valence electrons. The van der Waals surface area contributed by atoms with Crippen molar-refractivity contribution in [2.45, 2.75) is 52.0 Å². The van der Waals surface area contributed by atoms with Gasteiger partial charge in [-0.1, -0.05) is 31.3 Å². The van der Waals surface area contributed by atoms with Crippen molar-refractivity contribution in [3.05, 3.63) is 5.89 Å². The predicted octanol–water partition coefficient (Wildman–Crippen LogP) is 2.98. The van der Waals surface area contributed by atoms with Crippen LogP contribution >= 0.6 is 0 Å².